The molecule has 0 saturated heterocycles. The molecule has 0 aliphatic heterocycles. The number of rotatable bonds is 2. The summed E-state index contributed by atoms with van der Waals surface area (Å²) < 4.78 is 4.23. The molecule has 0 saturated carbocycles. The minimum atomic E-state index is 0. The maximum absolute atomic E-state index is 2.18. The SMILES string of the molecule is CCCn1cc[n+](C)c1.[OH-]. The first-order valence-electron chi connectivity index (χ1n) is 3.34. The van der Waals surface area contributed by atoms with Gasteiger partial charge in [-0.15, -0.1) is 0 Å². The van der Waals surface area contributed by atoms with Crippen LogP contribution in [-0.4, -0.2) is 10.0 Å². The number of hydrogen-bond acceptors (Lipinski definition) is 1. The Bertz CT molecular complexity index is 183. The molecule has 0 spiro atoms. The first-order valence-corrected chi connectivity index (χ1v) is 3.34. The molecule has 1 rings (SSSR count). The van der Waals surface area contributed by atoms with Gasteiger partial charge in [0.15, 0.2) is 0 Å². The lowest BCUT2D eigenvalue weighted by atomic mass is 10.5. The predicted molar refractivity (Wildman–Crippen MR) is 37.8 cm³/mol. The lowest BCUT2D eigenvalue weighted by molar-refractivity contribution is -0.671. The molecule has 0 unspecified atom stereocenters. The smallest absolute Gasteiger partial charge is 0.243 e. The second-order valence-electron chi connectivity index (χ2n) is 2.32. The molecular formula is C7H14N2O. The van der Waals surface area contributed by atoms with Crippen LogP contribution < -0.4 is 4.57 Å². The van der Waals surface area contributed by atoms with Crippen molar-refractivity contribution in [1.29, 1.82) is 0 Å². The van der Waals surface area contributed by atoms with Crippen molar-refractivity contribution < 1.29 is 10.0 Å². The number of aryl methyl sites for hydroxylation is 2. The van der Waals surface area contributed by atoms with Crippen molar-refractivity contribution in [2.24, 2.45) is 7.05 Å². The van der Waals surface area contributed by atoms with Crippen molar-refractivity contribution in [3.8, 4) is 0 Å². The van der Waals surface area contributed by atoms with Gasteiger partial charge in [0, 0.05) is 0 Å². The van der Waals surface area contributed by atoms with Crippen LogP contribution in [0.1, 0.15) is 13.3 Å². The van der Waals surface area contributed by atoms with Crippen molar-refractivity contribution >= 4 is 0 Å². The molecule has 1 aromatic heterocycles. The monoisotopic (exact) mass is 142 g/mol. The van der Waals surface area contributed by atoms with Gasteiger partial charge in [-0.2, -0.15) is 0 Å². The summed E-state index contributed by atoms with van der Waals surface area (Å²) >= 11 is 0. The van der Waals surface area contributed by atoms with Crippen molar-refractivity contribution in [3.05, 3.63) is 18.7 Å². The van der Waals surface area contributed by atoms with Crippen LogP contribution in [0.5, 0.6) is 0 Å². The van der Waals surface area contributed by atoms with Crippen LogP contribution in [0.2, 0.25) is 0 Å². The van der Waals surface area contributed by atoms with Crippen LogP contribution in [0.3, 0.4) is 0 Å². The molecule has 0 atom stereocenters. The van der Waals surface area contributed by atoms with E-state index in [0.29, 0.717) is 0 Å². The highest BCUT2D eigenvalue weighted by Gasteiger charge is 1.94. The Morgan fingerprint density at radius 2 is 2.20 bits per heavy atom. The zero-order valence-electron chi connectivity index (χ0n) is 6.49. The molecule has 0 fully saturated rings. The van der Waals surface area contributed by atoms with Gasteiger partial charge in [-0.3, -0.25) is 0 Å². The van der Waals surface area contributed by atoms with Gasteiger partial charge in [0.05, 0.1) is 13.6 Å². The van der Waals surface area contributed by atoms with Crippen LogP contribution >= 0.6 is 0 Å². The Hall–Kier alpha value is -0.830. The molecule has 1 aromatic rings. The van der Waals surface area contributed by atoms with Crippen LogP contribution in [0.15, 0.2) is 18.7 Å². The third-order valence-electron chi connectivity index (χ3n) is 1.31. The summed E-state index contributed by atoms with van der Waals surface area (Å²) in [5.41, 5.74) is 0. The molecule has 1 heterocycles. The van der Waals surface area contributed by atoms with E-state index in [9.17, 15) is 0 Å². The van der Waals surface area contributed by atoms with Crippen LogP contribution in [0, 0.1) is 0 Å². The quantitative estimate of drug-likeness (QED) is 0.555. The molecule has 0 aliphatic rings. The minimum Gasteiger partial charge on any atom is -0.870 e. The first-order chi connectivity index (χ1) is 4.33. The molecule has 0 amide bonds. The molecular weight excluding hydrogens is 128 g/mol. The lowest BCUT2D eigenvalue weighted by Gasteiger charge is -1.86. The second-order valence-corrected chi connectivity index (χ2v) is 2.32. The molecule has 0 radical (unpaired) electrons. The third kappa shape index (κ3) is 2.19. The summed E-state index contributed by atoms with van der Waals surface area (Å²) in [6.45, 7) is 3.31. The van der Waals surface area contributed by atoms with E-state index >= 15 is 0 Å². The summed E-state index contributed by atoms with van der Waals surface area (Å²) in [5.74, 6) is 0. The Morgan fingerprint density at radius 3 is 2.60 bits per heavy atom. The first kappa shape index (κ1) is 9.17. The van der Waals surface area contributed by atoms with Gasteiger partial charge in [0.1, 0.15) is 12.4 Å². The Morgan fingerprint density at radius 1 is 1.50 bits per heavy atom. The molecule has 3 heteroatoms. The Kier molecular flexibility index (Phi) is 3.72. The highest BCUT2D eigenvalue weighted by atomic mass is 16.0. The zero-order valence-corrected chi connectivity index (χ0v) is 6.49. The normalized spacial score (nSPS) is 9.00. The maximum Gasteiger partial charge on any atom is 0.243 e. The number of aromatic nitrogens is 2. The molecule has 0 aliphatic carbocycles. The van der Waals surface area contributed by atoms with Crippen molar-refractivity contribution in [1.82, 2.24) is 4.57 Å². The van der Waals surface area contributed by atoms with Gasteiger partial charge in [-0.25, -0.2) is 9.13 Å². The van der Waals surface area contributed by atoms with E-state index in [0.717, 1.165) is 6.54 Å². The van der Waals surface area contributed by atoms with Crippen LogP contribution in [0.4, 0.5) is 0 Å². The maximum atomic E-state index is 2.18. The summed E-state index contributed by atoms with van der Waals surface area (Å²) in [6.07, 6.45) is 7.43. The topological polar surface area (TPSA) is 38.8 Å². The molecule has 3 nitrogen and oxygen atoms in total. The van der Waals surface area contributed by atoms with Gasteiger partial charge >= 0.3 is 0 Å². The molecule has 58 valence electrons. The Labute approximate surface area is 61.2 Å². The number of hydrogen-bond donors (Lipinski definition) is 0. The molecule has 1 N–H and O–H groups in total. The van der Waals surface area contributed by atoms with Gasteiger partial charge in [0.25, 0.3) is 0 Å². The minimum absolute atomic E-state index is 0. The molecule has 0 bridgehead atoms. The predicted octanol–water partition coefficient (Wildman–Crippen LogP) is 0.546. The fourth-order valence-electron chi connectivity index (χ4n) is 0.892. The van der Waals surface area contributed by atoms with E-state index in [1.807, 2.05) is 7.05 Å². The van der Waals surface area contributed by atoms with Crippen molar-refractivity contribution in [3.63, 3.8) is 0 Å². The lowest BCUT2D eigenvalue weighted by Crippen LogP contribution is -2.23. The molecule has 10 heavy (non-hydrogen) atoms. The van der Waals surface area contributed by atoms with Gasteiger partial charge in [0.2, 0.25) is 6.33 Å². The van der Waals surface area contributed by atoms with Crippen LogP contribution in [-0.2, 0) is 13.6 Å². The second kappa shape index (κ2) is 4.06. The summed E-state index contributed by atoms with van der Waals surface area (Å²) in [5, 5.41) is 0. The van der Waals surface area contributed by atoms with E-state index < -0.39 is 0 Å². The standard InChI is InChI=1S/C7H13N2.H2O/c1-3-4-9-6-5-8(2)7-9;/h5-7H,3-4H2,1-2H3;1H2/q+1;/p-1. The number of imidazole rings is 1. The summed E-state index contributed by atoms with van der Waals surface area (Å²) in [7, 11) is 2.03. The third-order valence-corrected chi connectivity index (χ3v) is 1.31. The van der Waals surface area contributed by atoms with E-state index in [2.05, 4.69) is 34.8 Å². The number of nitrogens with zero attached hydrogens (tertiary/aromatic N) is 2. The van der Waals surface area contributed by atoms with Gasteiger partial charge in [-0.1, -0.05) is 6.92 Å². The summed E-state index contributed by atoms with van der Waals surface area (Å²) in [6, 6.07) is 0. The van der Waals surface area contributed by atoms with E-state index in [4.69, 9.17) is 0 Å². The fraction of sp³-hybridized carbons (Fsp3) is 0.571. The van der Waals surface area contributed by atoms with Crippen LogP contribution in [0.25, 0.3) is 0 Å². The zero-order chi connectivity index (χ0) is 6.69. The highest BCUT2D eigenvalue weighted by molar-refractivity contribution is 4.64. The van der Waals surface area contributed by atoms with E-state index in [-0.39, 0.29) is 5.48 Å². The van der Waals surface area contributed by atoms with Crippen molar-refractivity contribution in [2.75, 3.05) is 0 Å². The van der Waals surface area contributed by atoms with E-state index in [1.54, 1.807) is 0 Å². The van der Waals surface area contributed by atoms with E-state index in [1.165, 1.54) is 6.42 Å². The van der Waals surface area contributed by atoms with Gasteiger partial charge in [-0.05, 0) is 6.42 Å². The summed E-state index contributed by atoms with van der Waals surface area (Å²) in [4.78, 5) is 0. The highest BCUT2D eigenvalue weighted by Crippen LogP contribution is 1.85. The average molecular weight is 142 g/mol. The fourth-order valence-corrected chi connectivity index (χ4v) is 0.892. The van der Waals surface area contributed by atoms with Crippen molar-refractivity contribution in [2.45, 2.75) is 19.9 Å². The largest absolute Gasteiger partial charge is 0.870 e. The van der Waals surface area contributed by atoms with Gasteiger partial charge < -0.3 is 5.48 Å². The average Bonchev–Trinajstić information content (AvgIpc) is 2.17. The Balaban J connectivity index is 0.000000810. The molecule has 0 aromatic carbocycles.